The van der Waals surface area contributed by atoms with Crippen molar-refractivity contribution in [3.05, 3.63) is 17.5 Å². The summed E-state index contributed by atoms with van der Waals surface area (Å²) < 4.78 is 0. The molecule has 94 valence electrons. The van der Waals surface area contributed by atoms with Crippen molar-refractivity contribution >= 4 is 5.95 Å². The van der Waals surface area contributed by atoms with Crippen molar-refractivity contribution in [1.82, 2.24) is 14.9 Å². The smallest absolute Gasteiger partial charge is 0.222 e. The topological polar surface area (TPSA) is 41.1 Å². The number of aromatic nitrogens is 2. The molecule has 17 heavy (non-hydrogen) atoms. The Hall–Kier alpha value is -1.16. The molecule has 0 amide bonds. The first kappa shape index (κ1) is 12.3. The Bertz CT molecular complexity index is 395. The predicted octanol–water partition coefficient (Wildman–Crippen LogP) is 2.41. The van der Waals surface area contributed by atoms with Gasteiger partial charge in [-0.15, -0.1) is 0 Å². The van der Waals surface area contributed by atoms with E-state index >= 15 is 0 Å². The van der Waals surface area contributed by atoms with Crippen LogP contribution in [0.4, 0.5) is 5.95 Å². The van der Waals surface area contributed by atoms with Gasteiger partial charge < -0.3 is 5.32 Å². The van der Waals surface area contributed by atoms with Gasteiger partial charge >= 0.3 is 0 Å². The Morgan fingerprint density at radius 3 is 2.76 bits per heavy atom. The minimum Gasteiger partial charge on any atom is -0.354 e. The lowest BCUT2D eigenvalue weighted by Gasteiger charge is -2.30. The fraction of sp³-hybridized carbons (Fsp3) is 0.692. The summed E-state index contributed by atoms with van der Waals surface area (Å²) in [4.78, 5) is 11.4. The Morgan fingerprint density at radius 1 is 1.35 bits per heavy atom. The van der Waals surface area contributed by atoms with Crippen LogP contribution in [0, 0.1) is 0 Å². The molecule has 0 aromatic carbocycles. The predicted molar refractivity (Wildman–Crippen MR) is 69.8 cm³/mol. The van der Waals surface area contributed by atoms with Crippen LogP contribution >= 0.6 is 0 Å². The normalized spacial score (nSPS) is 16.0. The van der Waals surface area contributed by atoms with Gasteiger partial charge in [0.25, 0.3) is 0 Å². The SMILES string of the molecule is CCCNc1ncc2c(n1)CN(C(C)(C)C)C2. The molecule has 0 unspecified atom stereocenters. The van der Waals surface area contributed by atoms with E-state index in [1.54, 1.807) is 0 Å². The largest absolute Gasteiger partial charge is 0.354 e. The summed E-state index contributed by atoms with van der Waals surface area (Å²) in [6.45, 7) is 11.7. The van der Waals surface area contributed by atoms with Crippen LogP contribution in [0.2, 0.25) is 0 Å². The molecule has 0 bridgehead atoms. The second-order valence-electron chi connectivity index (χ2n) is 5.62. The molecule has 0 atom stereocenters. The molecule has 1 N–H and O–H groups in total. The fourth-order valence-electron chi connectivity index (χ4n) is 1.95. The van der Waals surface area contributed by atoms with Gasteiger partial charge in [-0.2, -0.15) is 0 Å². The van der Waals surface area contributed by atoms with Crippen LogP contribution in [-0.4, -0.2) is 27.0 Å². The van der Waals surface area contributed by atoms with Crippen LogP contribution in [-0.2, 0) is 13.1 Å². The average Bonchev–Trinajstić information content (AvgIpc) is 2.68. The molecule has 0 radical (unpaired) electrons. The molecular weight excluding hydrogens is 212 g/mol. The van der Waals surface area contributed by atoms with Crippen molar-refractivity contribution in [3.8, 4) is 0 Å². The molecule has 1 aromatic rings. The van der Waals surface area contributed by atoms with Gasteiger partial charge in [-0.1, -0.05) is 6.92 Å². The van der Waals surface area contributed by atoms with E-state index in [2.05, 4.69) is 47.9 Å². The summed E-state index contributed by atoms with van der Waals surface area (Å²) in [6.07, 6.45) is 3.06. The molecule has 4 heteroatoms. The summed E-state index contributed by atoms with van der Waals surface area (Å²) >= 11 is 0. The summed E-state index contributed by atoms with van der Waals surface area (Å²) in [7, 11) is 0. The molecular formula is C13H22N4. The van der Waals surface area contributed by atoms with E-state index in [-0.39, 0.29) is 5.54 Å². The standard InChI is InChI=1S/C13H22N4/c1-5-6-14-12-15-7-10-8-17(13(2,3)4)9-11(10)16-12/h7H,5-6,8-9H2,1-4H3,(H,14,15,16). The van der Waals surface area contributed by atoms with Crippen LogP contribution in [0.1, 0.15) is 45.4 Å². The Morgan fingerprint density at radius 2 is 2.12 bits per heavy atom. The quantitative estimate of drug-likeness (QED) is 0.872. The number of nitrogens with one attached hydrogen (secondary N) is 1. The average molecular weight is 234 g/mol. The van der Waals surface area contributed by atoms with Gasteiger partial charge in [-0.3, -0.25) is 4.90 Å². The molecule has 1 aliphatic rings. The molecule has 2 heterocycles. The molecule has 0 spiro atoms. The van der Waals surface area contributed by atoms with E-state index in [1.165, 1.54) is 11.3 Å². The van der Waals surface area contributed by atoms with Gasteiger partial charge in [0, 0.05) is 36.9 Å². The maximum Gasteiger partial charge on any atom is 0.222 e. The van der Waals surface area contributed by atoms with Crippen molar-refractivity contribution in [1.29, 1.82) is 0 Å². The van der Waals surface area contributed by atoms with E-state index in [4.69, 9.17) is 0 Å². The van der Waals surface area contributed by atoms with Crippen LogP contribution in [0.3, 0.4) is 0 Å². The van der Waals surface area contributed by atoms with Gasteiger partial charge in [0.05, 0.1) is 5.69 Å². The maximum atomic E-state index is 4.59. The van der Waals surface area contributed by atoms with E-state index in [0.717, 1.165) is 32.0 Å². The van der Waals surface area contributed by atoms with E-state index in [0.29, 0.717) is 0 Å². The third kappa shape index (κ3) is 2.75. The van der Waals surface area contributed by atoms with Crippen molar-refractivity contribution < 1.29 is 0 Å². The van der Waals surface area contributed by atoms with E-state index in [1.807, 2.05) is 6.20 Å². The van der Waals surface area contributed by atoms with Crippen LogP contribution in [0.15, 0.2) is 6.20 Å². The molecule has 0 aliphatic carbocycles. The number of hydrogen-bond donors (Lipinski definition) is 1. The highest BCUT2D eigenvalue weighted by molar-refractivity contribution is 5.31. The van der Waals surface area contributed by atoms with Gasteiger partial charge in [0.2, 0.25) is 5.95 Å². The maximum absolute atomic E-state index is 4.59. The summed E-state index contributed by atoms with van der Waals surface area (Å²) in [5, 5.41) is 3.24. The first-order valence-electron chi connectivity index (χ1n) is 6.34. The molecule has 1 aromatic heterocycles. The highest BCUT2D eigenvalue weighted by atomic mass is 15.2. The third-order valence-corrected chi connectivity index (χ3v) is 3.14. The zero-order chi connectivity index (χ0) is 12.5. The number of nitrogens with zero attached hydrogens (tertiary/aromatic N) is 3. The Labute approximate surface area is 103 Å². The molecule has 0 saturated heterocycles. The highest BCUT2D eigenvalue weighted by Gasteiger charge is 2.29. The minimum absolute atomic E-state index is 0.192. The first-order valence-corrected chi connectivity index (χ1v) is 6.34. The van der Waals surface area contributed by atoms with Crippen LogP contribution < -0.4 is 5.32 Å². The first-order chi connectivity index (χ1) is 8.00. The van der Waals surface area contributed by atoms with Gasteiger partial charge in [0.1, 0.15) is 0 Å². The lowest BCUT2D eigenvalue weighted by molar-refractivity contribution is 0.135. The summed E-state index contributed by atoms with van der Waals surface area (Å²) in [6, 6.07) is 0. The molecule has 1 aliphatic heterocycles. The number of fused-ring (bicyclic) bond motifs is 1. The monoisotopic (exact) mass is 234 g/mol. The Kier molecular flexibility index (Phi) is 3.33. The van der Waals surface area contributed by atoms with E-state index in [9.17, 15) is 0 Å². The van der Waals surface area contributed by atoms with Crippen LogP contribution in [0.5, 0.6) is 0 Å². The third-order valence-electron chi connectivity index (χ3n) is 3.14. The molecule has 4 nitrogen and oxygen atoms in total. The van der Waals surface area contributed by atoms with Crippen molar-refractivity contribution in [3.63, 3.8) is 0 Å². The minimum atomic E-state index is 0.192. The molecule has 0 saturated carbocycles. The second kappa shape index (κ2) is 4.61. The number of rotatable bonds is 3. The van der Waals surface area contributed by atoms with Gasteiger partial charge in [-0.25, -0.2) is 9.97 Å². The number of hydrogen-bond acceptors (Lipinski definition) is 4. The Balaban J connectivity index is 2.11. The lowest BCUT2D eigenvalue weighted by Crippen LogP contribution is -2.36. The van der Waals surface area contributed by atoms with Crippen LogP contribution in [0.25, 0.3) is 0 Å². The van der Waals surface area contributed by atoms with E-state index < -0.39 is 0 Å². The van der Waals surface area contributed by atoms with Crippen molar-refractivity contribution in [2.24, 2.45) is 0 Å². The zero-order valence-corrected chi connectivity index (χ0v) is 11.2. The lowest BCUT2D eigenvalue weighted by atomic mass is 10.1. The zero-order valence-electron chi connectivity index (χ0n) is 11.2. The number of anilines is 1. The molecule has 2 rings (SSSR count). The fourth-order valence-corrected chi connectivity index (χ4v) is 1.95. The van der Waals surface area contributed by atoms with Crippen molar-refractivity contribution in [2.45, 2.75) is 52.7 Å². The van der Waals surface area contributed by atoms with Crippen molar-refractivity contribution in [2.75, 3.05) is 11.9 Å². The van der Waals surface area contributed by atoms with Gasteiger partial charge in [-0.05, 0) is 27.2 Å². The molecule has 0 fully saturated rings. The summed E-state index contributed by atoms with van der Waals surface area (Å²) in [5.41, 5.74) is 2.63. The van der Waals surface area contributed by atoms with Gasteiger partial charge in [0.15, 0.2) is 0 Å². The highest BCUT2D eigenvalue weighted by Crippen LogP contribution is 2.27. The summed E-state index contributed by atoms with van der Waals surface area (Å²) in [5.74, 6) is 0.765. The second-order valence-corrected chi connectivity index (χ2v) is 5.62.